The lowest BCUT2D eigenvalue weighted by Gasteiger charge is -2.18. The van der Waals surface area contributed by atoms with Gasteiger partial charge in [-0.05, 0) is 30.3 Å². The molecule has 0 aliphatic rings. The largest absolute Gasteiger partial charge is 0.313 e. The number of hydrogen-bond donors (Lipinski definition) is 1. The second kappa shape index (κ2) is 8.15. The van der Waals surface area contributed by atoms with Crippen LogP contribution < -0.4 is 5.32 Å². The molecule has 0 aromatic heterocycles. The molecule has 1 N–H and O–H groups in total. The van der Waals surface area contributed by atoms with E-state index in [1.54, 1.807) is 0 Å². The highest BCUT2D eigenvalue weighted by Gasteiger charge is 2.09. The minimum atomic E-state index is 0.577. The summed E-state index contributed by atoms with van der Waals surface area (Å²) in [5.41, 5.74) is 1.39. The van der Waals surface area contributed by atoms with Crippen LogP contribution in [0.25, 0.3) is 0 Å². The number of thioether (sulfide) groups is 1. The van der Waals surface area contributed by atoms with E-state index in [1.807, 2.05) is 11.8 Å². The summed E-state index contributed by atoms with van der Waals surface area (Å²) in [6, 6.07) is 9.07. The summed E-state index contributed by atoms with van der Waals surface area (Å²) in [4.78, 5) is 0. The lowest BCUT2D eigenvalue weighted by atomic mass is 10.1. The van der Waals surface area contributed by atoms with Crippen LogP contribution in [0.3, 0.4) is 0 Å². The SMILES string of the molecule is CCNC(CSCC)Cc1ccccc1Br. The first-order valence-electron chi connectivity index (χ1n) is 5.82. The molecule has 0 heterocycles. The molecule has 1 aromatic rings. The van der Waals surface area contributed by atoms with Gasteiger partial charge < -0.3 is 5.32 Å². The summed E-state index contributed by atoms with van der Waals surface area (Å²) >= 11 is 5.61. The van der Waals surface area contributed by atoms with Crippen molar-refractivity contribution in [1.29, 1.82) is 0 Å². The number of rotatable bonds is 7. The molecular formula is C13H20BrNS. The number of nitrogens with one attached hydrogen (secondary N) is 1. The third-order valence-electron chi connectivity index (χ3n) is 2.44. The van der Waals surface area contributed by atoms with Crippen molar-refractivity contribution in [2.24, 2.45) is 0 Å². The molecular weight excluding hydrogens is 282 g/mol. The molecule has 0 aliphatic carbocycles. The Bertz CT molecular complexity index is 304. The van der Waals surface area contributed by atoms with E-state index in [4.69, 9.17) is 0 Å². The third kappa shape index (κ3) is 4.89. The van der Waals surface area contributed by atoms with Gasteiger partial charge in [0.1, 0.15) is 0 Å². The van der Waals surface area contributed by atoms with Crippen LogP contribution in [0.15, 0.2) is 28.7 Å². The van der Waals surface area contributed by atoms with Crippen LogP contribution in [0, 0.1) is 0 Å². The van der Waals surface area contributed by atoms with Crippen LogP contribution >= 0.6 is 27.7 Å². The molecule has 0 fully saturated rings. The van der Waals surface area contributed by atoms with Crippen molar-refractivity contribution in [2.75, 3.05) is 18.1 Å². The highest BCUT2D eigenvalue weighted by atomic mass is 79.9. The van der Waals surface area contributed by atoms with E-state index in [1.165, 1.54) is 21.5 Å². The van der Waals surface area contributed by atoms with Gasteiger partial charge in [-0.15, -0.1) is 0 Å². The van der Waals surface area contributed by atoms with E-state index in [0.29, 0.717) is 6.04 Å². The van der Waals surface area contributed by atoms with Crippen molar-refractivity contribution in [3.05, 3.63) is 34.3 Å². The Hall–Kier alpha value is 0.01000. The van der Waals surface area contributed by atoms with Gasteiger partial charge in [-0.25, -0.2) is 0 Å². The van der Waals surface area contributed by atoms with Crippen molar-refractivity contribution in [3.8, 4) is 0 Å². The maximum absolute atomic E-state index is 3.61. The minimum Gasteiger partial charge on any atom is -0.313 e. The molecule has 1 unspecified atom stereocenters. The van der Waals surface area contributed by atoms with E-state index in [9.17, 15) is 0 Å². The Labute approximate surface area is 112 Å². The van der Waals surface area contributed by atoms with Gasteiger partial charge in [0.05, 0.1) is 0 Å². The molecule has 0 radical (unpaired) electrons. The fraction of sp³-hybridized carbons (Fsp3) is 0.538. The molecule has 1 nitrogen and oxygen atoms in total. The quantitative estimate of drug-likeness (QED) is 0.824. The summed E-state index contributed by atoms with van der Waals surface area (Å²) < 4.78 is 1.22. The van der Waals surface area contributed by atoms with Crippen LogP contribution in [0.5, 0.6) is 0 Å². The van der Waals surface area contributed by atoms with Crippen molar-refractivity contribution in [1.82, 2.24) is 5.32 Å². The van der Waals surface area contributed by atoms with Gasteiger partial charge in [0, 0.05) is 16.3 Å². The molecule has 0 bridgehead atoms. The fourth-order valence-electron chi connectivity index (χ4n) is 1.67. The van der Waals surface area contributed by atoms with E-state index in [2.05, 4.69) is 59.4 Å². The maximum Gasteiger partial charge on any atom is 0.0207 e. The Morgan fingerprint density at radius 3 is 2.69 bits per heavy atom. The zero-order valence-electron chi connectivity index (χ0n) is 10.0. The molecule has 1 aromatic carbocycles. The molecule has 16 heavy (non-hydrogen) atoms. The van der Waals surface area contributed by atoms with Crippen LogP contribution in [0.1, 0.15) is 19.4 Å². The Balaban J connectivity index is 2.56. The average Bonchev–Trinajstić information content (AvgIpc) is 2.29. The summed E-state index contributed by atoms with van der Waals surface area (Å²) in [7, 11) is 0. The normalized spacial score (nSPS) is 12.7. The smallest absolute Gasteiger partial charge is 0.0207 e. The third-order valence-corrected chi connectivity index (χ3v) is 4.26. The van der Waals surface area contributed by atoms with Gasteiger partial charge in [0.25, 0.3) is 0 Å². The Morgan fingerprint density at radius 1 is 1.31 bits per heavy atom. The summed E-state index contributed by atoms with van der Waals surface area (Å²) in [5, 5.41) is 3.55. The molecule has 0 saturated heterocycles. The molecule has 1 atom stereocenters. The molecule has 0 amide bonds. The van der Waals surface area contributed by atoms with Gasteiger partial charge in [-0.1, -0.05) is 48.0 Å². The summed E-state index contributed by atoms with van der Waals surface area (Å²) in [5.74, 6) is 2.38. The van der Waals surface area contributed by atoms with Gasteiger partial charge >= 0.3 is 0 Å². The van der Waals surface area contributed by atoms with E-state index in [0.717, 1.165) is 13.0 Å². The van der Waals surface area contributed by atoms with Gasteiger partial charge in [0.2, 0.25) is 0 Å². The van der Waals surface area contributed by atoms with E-state index in [-0.39, 0.29) is 0 Å². The number of likely N-dealkylation sites (N-methyl/N-ethyl adjacent to an activating group) is 1. The maximum atomic E-state index is 3.61. The highest BCUT2D eigenvalue weighted by molar-refractivity contribution is 9.10. The van der Waals surface area contributed by atoms with Crippen molar-refractivity contribution in [3.63, 3.8) is 0 Å². The van der Waals surface area contributed by atoms with E-state index < -0.39 is 0 Å². The number of halogens is 1. The Kier molecular flexibility index (Phi) is 7.17. The lowest BCUT2D eigenvalue weighted by Crippen LogP contribution is -2.33. The van der Waals surface area contributed by atoms with Crippen molar-refractivity contribution >= 4 is 27.7 Å². The van der Waals surface area contributed by atoms with Crippen LogP contribution in [0.4, 0.5) is 0 Å². The fourth-order valence-corrected chi connectivity index (χ4v) is 2.87. The predicted octanol–water partition coefficient (Wildman–Crippen LogP) is 3.72. The van der Waals surface area contributed by atoms with Crippen LogP contribution in [-0.4, -0.2) is 24.1 Å². The first-order valence-corrected chi connectivity index (χ1v) is 7.77. The molecule has 3 heteroatoms. The number of benzene rings is 1. The summed E-state index contributed by atoms with van der Waals surface area (Å²) in [6.07, 6.45) is 1.10. The van der Waals surface area contributed by atoms with Gasteiger partial charge in [-0.3, -0.25) is 0 Å². The monoisotopic (exact) mass is 301 g/mol. The number of hydrogen-bond acceptors (Lipinski definition) is 2. The predicted molar refractivity (Wildman–Crippen MR) is 78.3 cm³/mol. The standard InChI is InChI=1S/C13H20BrNS/c1-3-15-12(10-16-4-2)9-11-7-5-6-8-13(11)14/h5-8,12,15H,3-4,9-10H2,1-2H3. The molecule has 0 spiro atoms. The van der Waals surface area contributed by atoms with Crippen molar-refractivity contribution in [2.45, 2.75) is 26.3 Å². The minimum absolute atomic E-state index is 0.577. The lowest BCUT2D eigenvalue weighted by molar-refractivity contribution is 0.572. The van der Waals surface area contributed by atoms with Crippen LogP contribution in [-0.2, 0) is 6.42 Å². The topological polar surface area (TPSA) is 12.0 Å². The summed E-state index contributed by atoms with van der Waals surface area (Å²) in [6.45, 7) is 5.43. The highest BCUT2D eigenvalue weighted by Crippen LogP contribution is 2.18. The first kappa shape index (κ1) is 14.1. The van der Waals surface area contributed by atoms with Crippen molar-refractivity contribution < 1.29 is 0 Å². The zero-order chi connectivity index (χ0) is 11.8. The molecule has 0 saturated carbocycles. The second-order valence-corrected chi connectivity index (χ2v) is 5.88. The molecule has 0 aliphatic heterocycles. The molecule has 1 rings (SSSR count). The van der Waals surface area contributed by atoms with Crippen LogP contribution in [0.2, 0.25) is 0 Å². The van der Waals surface area contributed by atoms with Gasteiger partial charge in [-0.2, -0.15) is 11.8 Å². The van der Waals surface area contributed by atoms with Gasteiger partial charge in [0.15, 0.2) is 0 Å². The average molecular weight is 302 g/mol. The van der Waals surface area contributed by atoms with E-state index >= 15 is 0 Å². The molecule has 90 valence electrons. The first-order chi connectivity index (χ1) is 7.77. The zero-order valence-corrected chi connectivity index (χ0v) is 12.4. The second-order valence-electron chi connectivity index (χ2n) is 3.71. The Morgan fingerprint density at radius 2 is 2.06 bits per heavy atom.